The fourth-order valence-corrected chi connectivity index (χ4v) is 4.73. The molecule has 0 N–H and O–H groups in total. The van der Waals surface area contributed by atoms with Gasteiger partial charge in [0, 0.05) is 30.6 Å². The van der Waals surface area contributed by atoms with Crippen molar-refractivity contribution in [3.63, 3.8) is 0 Å². The minimum atomic E-state index is -0.280. The van der Waals surface area contributed by atoms with Crippen molar-refractivity contribution < 1.29 is 33.3 Å². The van der Waals surface area contributed by atoms with Gasteiger partial charge in [0.2, 0.25) is 19.5 Å². The molecule has 0 atom stereocenters. The van der Waals surface area contributed by atoms with Crippen LogP contribution in [-0.2, 0) is 22.6 Å². The molecular weight excluding hydrogens is 484 g/mol. The lowest BCUT2D eigenvalue weighted by Crippen LogP contribution is -2.43. The van der Waals surface area contributed by atoms with Gasteiger partial charge in [-0.05, 0) is 47.3 Å². The van der Waals surface area contributed by atoms with E-state index in [0.29, 0.717) is 48.3 Å². The maximum absolute atomic E-state index is 13.6. The Morgan fingerprint density at radius 2 is 1.61 bits per heavy atom. The van der Waals surface area contributed by atoms with Gasteiger partial charge >= 0.3 is 0 Å². The first-order valence-corrected chi connectivity index (χ1v) is 12.4. The topological polar surface area (TPSA) is 86.8 Å². The smallest absolute Gasteiger partial charge is 0.254 e. The molecule has 3 heterocycles. The summed E-state index contributed by atoms with van der Waals surface area (Å²) in [5.74, 6) is 2.01. The van der Waals surface area contributed by atoms with Gasteiger partial charge in [-0.2, -0.15) is 0 Å². The number of hydrogen-bond donors (Lipinski definition) is 0. The predicted molar refractivity (Wildman–Crippen MR) is 131 cm³/mol. The second-order valence-electron chi connectivity index (χ2n) is 8.30. The molecule has 2 aliphatic rings. The molecule has 0 saturated carbocycles. The highest BCUT2D eigenvalue weighted by atomic mass is 32.1. The molecular formula is C26H26N2O7S. The van der Waals surface area contributed by atoms with Crippen LogP contribution in [-0.4, -0.2) is 62.0 Å². The Morgan fingerprint density at radius 1 is 0.889 bits per heavy atom. The highest BCUT2D eigenvalue weighted by Gasteiger charge is 2.25. The van der Waals surface area contributed by atoms with Crippen molar-refractivity contribution in [2.75, 3.05) is 40.4 Å². The first-order chi connectivity index (χ1) is 17.6. The zero-order valence-corrected chi connectivity index (χ0v) is 20.6. The zero-order valence-electron chi connectivity index (χ0n) is 19.8. The second kappa shape index (κ2) is 10.9. The number of thiophene rings is 1. The van der Waals surface area contributed by atoms with Crippen molar-refractivity contribution in [2.45, 2.75) is 13.1 Å². The molecule has 2 amide bonds. The van der Waals surface area contributed by atoms with E-state index in [4.69, 9.17) is 23.7 Å². The SMILES string of the molecule is COCCN(CC(=O)N(Cc1ccc2c(c1)OCO2)Cc1cccs1)C(=O)c1ccc2c(c1)OCO2. The average molecular weight is 511 g/mol. The summed E-state index contributed by atoms with van der Waals surface area (Å²) < 4.78 is 26.9. The Balaban J connectivity index is 1.35. The molecule has 5 rings (SSSR count). The number of carbonyl (C=O) groups excluding carboxylic acids is 2. The van der Waals surface area contributed by atoms with Gasteiger partial charge in [-0.3, -0.25) is 9.59 Å². The quantitative estimate of drug-likeness (QED) is 0.413. The molecule has 0 radical (unpaired) electrons. The van der Waals surface area contributed by atoms with Gasteiger partial charge in [-0.1, -0.05) is 12.1 Å². The number of nitrogens with zero attached hydrogens (tertiary/aromatic N) is 2. The van der Waals surface area contributed by atoms with Gasteiger partial charge in [0.25, 0.3) is 5.91 Å². The van der Waals surface area contributed by atoms with E-state index in [9.17, 15) is 9.59 Å². The van der Waals surface area contributed by atoms with Crippen molar-refractivity contribution in [3.05, 3.63) is 69.9 Å². The third kappa shape index (κ3) is 5.39. The third-order valence-corrected chi connectivity index (χ3v) is 6.75. The summed E-state index contributed by atoms with van der Waals surface area (Å²) in [5, 5.41) is 1.98. The second-order valence-corrected chi connectivity index (χ2v) is 9.34. The van der Waals surface area contributed by atoms with Crippen LogP contribution in [0.5, 0.6) is 23.0 Å². The van der Waals surface area contributed by atoms with E-state index in [2.05, 4.69) is 0 Å². The van der Waals surface area contributed by atoms with Gasteiger partial charge in [0.1, 0.15) is 6.54 Å². The van der Waals surface area contributed by atoms with Crippen LogP contribution in [0.2, 0.25) is 0 Å². The lowest BCUT2D eigenvalue weighted by atomic mass is 10.1. The average Bonchev–Trinajstić information content (AvgIpc) is 3.66. The van der Waals surface area contributed by atoms with Crippen LogP contribution in [0.25, 0.3) is 0 Å². The summed E-state index contributed by atoms with van der Waals surface area (Å²) in [7, 11) is 1.56. The number of rotatable bonds is 10. The molecule has 10 heteroatoms. The number of benzene rings is 2. The van der Waals surface area contributed by atoms with E-state index in [0.717, 1.165) is 10.4 Å². The largest absolute Gasteiger partial charge is 0.454 e. The summed E-state index contributed by atoms with van der Waals surface area (Å²) in [4.78, 5) is 31.3. The minimum Gasteiger partial charge on any atom is -0.454 e. The molecule has 2 aliphatic heterocycles. The lowest BCUT2D eigenvalue weighted by Gasteiger charge is -2.28. The molecule has 0 aliphatic carbocycles. The van der Waals surface area contributed by atoms with E-state index in [1.807, 2.05) is 35.7 Å². The van der Waals surface area contributed by atoms with E-state index in [1.54, 1.807) is 41.5 Å². The maximum atomic E-state index is 13.6. The molecule has 1 aromatic heterocycles. The Bertz CT molecular complexity index is 1230. The molecule has 0 bridgehead atoms. The Hall–Kier alpha value is -3.76. The van der Waals surface area contributed by atoms with Crippen molar-refractivity contribution in [1.82, 2.24) is 9.80 Å². The van der Waals surface area contributed by atoms with Crippen molar-refractivity contribution in [3.8, 4) is 23.0 Å². The van der Waals surface area contributed by atoms with Gasteiger partial charge in [0.05, 0.1) is 13.2 Å². The van der Waals surface area contributed by atoms with Crippen LogP contribution in [0.4, 0.5) is 0 Å². The fourth-order valence-electron chi connectivity index (χ4n) is 4.01. The Labute approximate surface area is 212 Å². The maximum Gasteiger partial charge on any atom is 0.254 e. The molecule has 0 unspecified atom stereocenters. The molecule has 2 aromatic carbocycles. The summed E-state index contributed by atoms with van der Waals surface area (Å²) in [5.41, 5.74) is 1.33. The molecule has 0 saturated heterocycles. The molecule has 36 heavy (non-hydrogen) atoms. The monoisotopic (exact) mass is 510 g/mol. The van der Waals surface area contributed by atoms with Crippen LogP contribution < -0.4 is 18.9 Å². The van der Waals surface area contributed by atoms with Crippen molar-refractivity contribution >= 4 is 23.2 Å². The molecule has 188 valence electrons. The Kier molecular flexibility index (Phi) is 7.24. The van der Waals surface area contributed by atoms with Gasteiger partial charge < -0.3 is 33.5 Å². The first kappa shape index (κ1) is 24.0. The number of fused-ring (bicyclic) bond motifs is 2. The van der Waals surface area contributed by atoms with Gasteiger partial charge in [0.15, 0.2) is 23.0 Å². The lowest BCUT2D eigenvalue weighted by molar-refractivity contribution is -0.133. The number of carbonyl (C=O) groups is 2. The van der Waals surface area contributed by atoms with Crippen molar-refractivity contribution in [2.24, 2.45) is 0 Å². The van der Waals surface area contributed by atoms with Crippen LogP contribution in [0.3, 0.4) is 0 Å². The van der Waals surface area contributed by atoms with E-state index < -0.39 is 0 Å². The fraction of sp³-hybridized carbons (Fsp3) is 0.308. The molecule has 9 nitrogen and oxygen atoms in total. The summed E-state index contributed by atoms with van der Waals surface area (Å²) in [6.07, 6.45) is 0. The van der Waals surface area contributed by atoms with E-state index >= 15 is 0 Å². The molecule has 0 fully saturated rings. The third-order valence-electron chi connectivity index (χ3n) is 5.89. The Morgan fingerprint density at radius 3 is 2.33 bits per heavy atom. The van der Waals surface area contributed by atoms with Crippen LogP contribution in [0, 0.1) is 0 Å². The standard InChI is InChI=1S/C26H26N2O7S/c1-31-9-8-27(26(30)19-5-7-22-24(12-19)35-17-33-22)15-25(29)28(14-20-3-2-10-36-20)13-18-4-6-21-23(11-18)34-16-32-21/h2-7,10-12H,8-9,13-17H2,1H3. The number of methoxy groups -OCH3 is 1. The van der Waals surface area contributed by atoms with Crippen LogP contribution in [0.1, 0.15) is 20.8 Å². The molecule has 3 aromatic rings. The number of amides is 2. The summed E-state index contributed by atoms with van der Waals surface area (Å²) in [6.45, 7) is 1.59. The zero-order chi connectivity index (χ0) is 24.9. The summed E-state index contributed by atoms with van der Waals surface area (Å²) in [6, 6.07) is 14.6. The number of hydrogen-bond acceptors (Lipinski definition) is 8. The van der Waals surface area contributed by atoms with E-state index in [1.165, 1.54) is 4.90 Å². The summed E-state index contributed by atoms with van der Waals surface area (Å²) >= 11 is 1.58. The van der Waals surface area contributed by atoms with Crippen LogP contribution >= 0.6 is 11.3 Å². The first-order valence-electron chi connectivity index (χ1n) is 11.5. The van der Waals surface area contributed by atoms with Crippen molar-refractivity contribution in [1.29, 1.82) is 0 Å². The van der Waals surface area contributed by atoms with Crippen LogP contribution in [0.15, 0.2) is 53.9 Å². The van der Waals surface area contributed by atoms with E-state index in [-0.39, 0.29) is 38.5 Å². The van der Waals surface area contributed by atoms with Gasteiger partial charge in [-0.25, -0.2) is 0 Å². The predicted octanol–water partition coefficient (Wildman–Crippen LogP) is 3.52. The number of ether oxygens (including phenoxy) is 5. The normalized spacial score (nSPS) is 13.0. The molecule has 0 spiro atoms. The highest BCUT2D eigenvalue weighted by molar-refractivity contribution is 7.09. The minimum absolute atomic E-state index is 0.0907. The van der Waals surface area contributed by atoms with Gasteiger partial charge in [-0.15, -0.1) is 11.3 Å². The highest BCUT2D eigenvalue weighted by Crippen LogP contribution is 2.34.